The Morgan fingerprint density at radius 2 is 2.20 bits per heavy atom. The van der Waals surface area contributed by atoms with Crippen LogP contribution in [0.25, 0.3) is 16.3 Å². The van der Waals surface area contributed by atoms with Gasteiger partial charge in [-0.05, 0) is 30.0 Å². The second kappa shape index (κ2) is 6.77. The van der Waals surface area contributed by atoms with E-state index in [0.29, 0.717) is 43.6 Å². The fraction of sp³-hybridized carbons (Fsp3) is 0.375. The summed E-state index contributed by atoms with van der Waals surface area (Å²) in [5, 5.41) is 18.2. The molecule has 0 atom stereocenters. The standard InChI is InChI=1S/C16H18N6O2S/c1-11-9-13(17-10-14(23)21-4-6-24-7-5-21)20-22-15(11)18-19-16(22)12-3-2-8-25-12/h2-3,8-9H,4-7,10H2,1H3,(H,17,20). The zero-order chi connectivity index (χ0) is 17.2. The van der Waals surface area contributed by atoms with Gasteiger partial charge < -0.3 is 15.0 Å². The van der Waals surface area contributed by atoms with E-state index in [4.69, 9.17) is 4.74 Å². The number of hydrogen-bond acceptors (Lipinski definition) is 7. The van der Waals surface area contributed by atoms with E-state index in [1.54, 1.807) is 20.8 Å². The maximum Gasteiger partial charge on any atom is 0.242 e. The summed E-state index contributed by atoms with van der Waals surface area (Å²) in [4.78, 5) is 15.1. The molecule has 0 spiro atoms. The Bertz CT molecular complexity index is 886. The Morgan fingerprint density at radius 3 is 2.96 bits per heavy atom. The van der Waals surface area contributed by atoms with Crippen molar-refractivity contribution in [1.29, 1.82) is 0 Å². The number of morpholine rings is 1. The van der Waals surface area contributed by atoms with Gasteiger partial charge in [0.25, 0.3) is 0 Å². The molecule has 0 saturated carbocycles. The summed E-state index contributed by atoms with van der Waals surface area (Å²) in [6.07, 6.45) is 0. The summed E-state index contributed by atoms with van der Waals surface area (Å²) in [7, 11) is 0. The number of aryl methyl sites for hydroxylation is 1. The minimum Gasteiger partial charge on any atom is -0.378 e. The third kappa shape index (κ3) is 3.20. The maximum absolute atomic E-state index is 12.3. The molecule has 1 aliphatic rings. The largest absolute Gasteiger partial charge is 0.378 e. The van der Waals surface area contributed by atoms with Crippen molar-refractivity contribution in [3.05, 3.63) is 29.1 Å². The Hall–Kier alpha value is -2.52. The van der Waals surface area contributed by atoms with Crippen molar-refractivity contribution in [2.45, 2.75) is 6.92 Å². The average molecular weight is 358 g/mol. The molecule has 3 aromatic heterocycles. The highest BCUT2D eigenvalue weighted by Crippen LogP contribution is 2.24. The Kier molecular flexibility index (Phi) is 4.33. The third-order valence-corrected chi connectivity index (χ3v) is 4.95. The van der Waals surface area contributed by atoms with Crippen molar-refractivity contribution in [3.8, 4) is 10.7 Å². The maximum atomic E-state index is 12.3. The van der Waals surface area contributed by atoms with E-state index in [-0.39, 0.29) is 12.5 Å². The number of carbonyl (C=O) groups excluding carboxylic acids is 1. The van der Waals surface area contributed by atoms with E-state index in [1.807, 2.05) is 30.5 Å². The number of rotatable bonds is 4. The van der Waals surface area contributed by atoms with E-state index >= 15 is 0 Å². The lowest BCUT2D eigenvalue weighted by atomic mass is 10.3. The van der Waals surface area contributed by atoms with Crippen LogP contribution in [0.15, 0.2) is 23.6 Å². The number of nitrogens with one attached hydrogen (secondary N) is 1. The van der Waals surface area contributed by atoms with Gasteiger partial charge in [-0.3, -0.25) is 4.79 Å². The van der Waals surface area contributed by atoms with Gasteiger partial charge in [0.2, 0.25) is 5.91 Å². The summed E-state index contributed by atoms with van der Waals surface area (Å²) in [6.45, 7) is 4.63. The van der Waals surface area contributed by atoms with Crippen LogP contribution in [0.3, 0.4) is 0 Å². The second-order valence-corrected chi connectivity index (χ2v) is 6.74. The molecule has 1 N–H and O–H groups in total. The second-order valence-electron chi connectivity index (χ2n) is 5.80. The number of amides is 1. The van der Waals surface area contributed by atoms with Crippen LogP contribution < -0.4 is 5.32 Å². The van der Waals surface area contributed by atoms with E-state index in [9.17, 15) is 4.79 Å². The molecular weight excluding hydrogens is 340 g/mol. The van der Waals surface area contributed by atoms with Gasteiger partial charge in [-0.25, -0.2) is 0 Å². The van der Waals surface area contributed by atoms with Crippen molar-refractivity contribution in [3.63, 3.8) is 0 Å². The Balaban J connectivity index is 1.55. The van der Waals surface area contributed by atoms with E-state index in [2.05, 4.69) is 20.6 Å². The zero-order valence-electron chi connectivity index (χ0n) is 13.8. The minimum absolute atomic E-state index is 0.0464. The molecule has 0 aliphatic carbocycles. The Morgan fingerprint density at radius 1 is 1.36 bits per heavy atom. The topological polar surface area (TPSA) is 84.7 Å². The average Bonchev–Trinajstić information content (AvgIpc) is 3.29. The first-order valence-corrected chi connectivity index (χ1v) is 8.96. The third-order valence-electron chi connectivity index (χ3n) is 4.08. The van der Waals surface area contributed by atoms with Crippen LogP contribution in [-0.2, 0) is 9.53 Å². The number of thiophene rings is 1. The summed E-state index contributed by atoms with van der Waals surface area (Å²) in [5.74, 6) is 1.38. The molecule has 0 unspecified atom stereocenters. The van der Waals surface area contributed by atoms with E-state index < -0.39 is 0 Å². The molecular formula is C16H18N6O2S. The predicted octanol–water partition coefficient (Wildman–Crippen LogP) is 1.43. The van der Waals surface area contributed by atoms with Gasteiger partial charge in [0.15, 0.2) is 11.5 Å². The fourth-order valence-electron chi connectivity index (χ4n) is 2.76. The molecule has 9 heteroatoms. The van der Waals surface area contributed by atoms with Gasteiger partial charge in [0.05, 0.1) is 24.6 Å². The molecule has 1 amide bonds. The van der Waals surface area contributed by atoms with Crippen molar-refractivity contribution >= 4 is 28.7 Å². The number of hydrogen-bond donors (Lipinski definition) is 1. The number of anilines is 1. The van der Waals surface area contributed by atoms with Gasteiger partial charge in [0, 0.05) is 13.1 Å². The summed E-state index contributed by atoms with van der Waals surface area (Å²) in [6, 6.07) is 5.84. The monoisotopic (exact) mass is 358 g/mol. The van der Waals surface area contributed by atoms with Crippen LogP contribution in [0.5, 0.6) is 0 Å². The zero-order valence-corrected chi connectivity index (χ0v) is 14.6. The highest BCUT2D eigenvalue weighted by atomic mass is 32.1. The SMILES string of the molecule is Cc1cc(NCC(=O)N2CCOCC2)nn2c(-c3cccs3)nnc12. The number of ether oxygens (including phenoxy) is 1. The van der Waals surface area contributed by atoms with Gasteiger partial charge in [0.1, 0.15) is 5.82 Å². The van der Waals surface area contributed by atoms with Gasteiger partial charge in [-0.2, -0.15) is 4.52 Å². The minimum atomic E-state index is 0.0464. The molecule has 130 valence electrons. The summed E-state index contributed by atoms with van der Waals surface area (Å²) >= 11 is 1.59. The molecule has 8 nitrogen and oxygen atoms in total. The van der Waals surface area contributed by atoms with E-state index in [1.165, 1.54) is 0 Å². The van der Waals surface area contributed by atoms with E-state index in [0.717, 1.165) is 10.4 Å². The van der Waals surface area contributed by atoms with Gasteiger partial charge in [-0.1, -0.05) is 6.07 Å². The fourth-order valence-corrected chi connectivity index (χ4v) is 3.46. The molecule has 0 aromatic carbocycles. The van der Waals surface area contributed by atoms with Crippen LogP contribution in [0, 0.1) is 6.92 Å². The van der Waals surface area contributed by atoms with Crippen molar-refractivity contribution in [2.75, 3.05) is 38.2 Å². The van der Waals surface area contributed by atoms with Crippen molar-refractivity contribution < 1.29 is 9.53 Å². The van der Waals surface area contributed by atoms with Crippen LogP contribution in [-0.4, -0.2) is 63.5 Å². The number of aromatic nitrogens is 4. The summed E-state index contributed by atoms with van der Waals surface area (Å²) < 4.78 is 7.00. The first kappa shape index (κ1) is 16.0. The molecule has 1 aliphatic heterocycles. The lowest BCUT2D eigenvalue weighted by Gasteiger charge is -2.26. The molecule has 3 aromatic rings. The van der Waals surface area contributed by atoms with Gasteiger partial charge in [-0.15, -0.1) is 26.6 Å². The normalized spacial score (nSPS) is 14.8. The molecule has 0 bridgehead atoms. The molecule has 4 heterocycles. The van der Waals surface area contributed by atoms with Crippen molar-refractivity contribution in [2.24, 2.45) is 0 Å². The molecule has 0 radical (unpaired) electrons. The molecule has 4 rings (SSSR count). The lowest BCUT2D eigenvalue weighted by molar-refractivity contribution is -0.133. The first-order chi connectivity index (χ1) is 12.2. The number of fused-ring (bicyclic) bond motifs is 1. The molecule has 1 saturated heterocycles. The highest BCUT2D eigenvalue weighted by molar-refractivity contribution is 7.13. The quantitative estimate of drug-likeness (QED) is 0.760. The van der Waals surface area contributed by atoms with Crippen LogP contribution in [0.4, 0.5) is 5.82 Å². The molecule has 25 heavy (non-hydrogen) atoms. The predicted molar refractivity (Wildman–Crippen MR) is 94.7 cm³/mol. The number of nitrogens with zero attached hydrogens (tertiary/aromatic N) is 5. The van der Waals surface area contributed by atoms with Crippen LogP contribution >= 0.6 is 11.3 Å². The van der Waals surface area contributed by atoms with Crippen LogP contribution in [0.1, 0.15) is 5.56 Å². The molecule has 1 fully saturated rings. The smallest absolute Gasteiger partial charge is 0.242 e. The lowest BCUT2D eigenvalue weighted by Crippen LogP contribution is -2.43. The van der Waals surface area contributed by atoms with Gasteiger partial charge >= 0.3 is 0 Å². The number of carbonyl (C=O) groups is 1. The highest BCUT2D eigenvalue weighted by Gasteiger charge is 2.17. The summed E-state index contributed by atoms with van der Waals surface area (Å²) in [5.41, 5.74) is 1.67. The van der Waals surface area contributed by atoms with Crippen molar-refractivity contribution in [1.82, 2.24) is 24.7 Å². The first-order valence-electron chi connectivity index (χ1n) is 8.09. The van der Waals surface area contributed by atoms with Crippen LogP contribution in [0.2, 0.25) is 0 Å². The Labute approximate surface area is 148 Å².